The summed E-state index contributed by atoms with van der Waals surface area (Å²) in [7, 11) is 2.00. The number of nitrogens with one attached hydrogen (secondary N) is 2. The molecular formula is C40H47N3O7. The molecule has 0 spiro atoms. The summed E-state index contributed by atoms with van der Waals surface area (Å²) in [6, 6.07) is 32.7. The highest BCUT2D eigenvalue weighted by Gasteiger charge is 2.34. The number of ether oxygens (including phenoxy) is 3. The largest absolute Gasteiger partial charge is 0.465 e. The molecule has 0 aliphatic carbocycles. The molecule has 0 unspecified atom stereocenters. The van der Waals surface area contributed by atoms with Crippen LogP contribution in [0.2, 0.25) is 0 Å². The fourth-order valence-electron chi connectivity index (χ4n) is 6.07. The quantitative estimate of drug-likeness (QED) is 0.123. The number of aliphatic hydroxyl groups is 2. The standard InChI is InChI=1S/C40H47N3O7/c1-4-48-37(45)24-42-40(47)41-23-33-12-8-9-13-35(33)29-18-20-32(21-19-29)39-49-34(22-36(50-39)30-16-14-28(26-44)15-17-30)25-43(3)27(2)38(46)31-10-6-5-7-11-31/h5-21,27,34,36,38-39,44,46H,4,22-26H2,1-3H3,(H2,41,42,47)/t27-,34-,36+,38-,39+/m0/s1. The number of urea groups is 1. The number of esters is 1. The smallest absolute Gasteiger partial charge is 0.325 e. The second-order valence-corrected chi connectivity index (χ2v) is 12.5. The van der Waals surface area contributed by atoms with E-state index in [1.165, 1.54) is 0 Å². The lowest BCUT2D eigenvalue weighted by molar-refractivity contribution is -0.253. The molecule has 4 aromatic rings. The van der Waals surface area contributed by atoms with Gasteiger partial charge in [-0.15, -0.1) is 0 Å². The molecule has 1 aliphatic rings. The average molecular weight is 682 g/mol. The highest BCUT2D eigenvalue weighted by molar-refractivity contribution is 5.81. The first kappa shape index (κ1) is 36.7. The van der Waals surface area contributed by atoms with Gasteiger partial charge in [-0.3, -0.25) is 9.69 Å². The fourth-order valence-corrected chi connectivity index (χ4v) is 6.07. The topological polar surface area (TPSA) is 130 Å². The van der Waals surface area contributed by atoms with Crippen LogP contribution in [0.4, 0.5) is 4.79 Å². The van der Waals surface area contributed by atoms with Gasteiger partial charge in [-0.25, -0.2) is 4.79 Å². The molecule has 10 heteroatoms. The number of likely N-dealkylation sites (N-methyl/N-ethyl adjacent to an activating group) is 1. The Morgan fingerprint density at radius 1 is 0.900 bits per heavy atom. The summed E-state index contributed by atoms with van der Waals surface area (Å²) in [5.74, 6) is -0.491. The molecule has 1 saturated heterocycles. The maximum Gasteiger partial charge on any atom is 0.325 e. The lowest BCUT2D eigenvalue weighted by atomic mass is 9.97. The van der Waals surface area contributed by atoms with E-state index in [9.17, 15) is 19.8 Å². The van der Waals surface area contributed by atoms with Gasteiger partial charge in [0.25, 0.3) is 0 Å². The zero-order valence-electron chi connectivity index (χ0n) is 28.8. The summed E-state index contributed by atoms with van der Waals surface area (Å²) in [6.07, 6.45) is -1.08. The molecule has 50 heavy (non-hydrogen) atoms. The number of hydrogen-bond acceptors (Lipinski definition) is 8. The Kier molecular flexibility index (Phi) is 13.1. The van der Waals surface area contributed by atoms with Crippen molar-refractivity contribution in [1.29, 1.82) is 0 Å². The second kappa shape index (κ2) is 17.9. The minimum atomic E-state index is -0.650. The van der Waals surface area contributed by atoms with E-state index in [1.807, 2.05) is 117 Å². The van der Waals surface area contributed by atoms with E-state index >= 15 is 0 Å². The molecule has 1 fully saturated rings. The average Bonchev–Trinajstić information content (AvgIpc) is 3.16. The van der Waals surface area contributed by atoms with E-state index in [1.54, 1.807) is 6.92 Å². The Morgan fingerprint density at radius 2 is 1.58 bits per heavy atom. The molecule has 264 valence electrons. The summed E-state index contributed by atoms with van der Waals surface area (Å²) < 4.78 is 18.0. The van der Waals surface area contributed by atoms with Crippen LogP contribution >= 0.6 is 0 Å². The van der Waals surface area contributed by atoms with Crippen LogP contribution in [-0.4, -0.2) is 66.0 Å². The molecule has 0 radical (unpaired) electrons. The normalized spacial score (nSPS) is 18.6. The molecule has 0 aromatic heterocycles. The molecule has 4 aromatic carbocycles. The van der Waals surface area contributed by atoms with Gasteiger partial charge in [-0.05, 0) is 54.3 Å². The van der Waals surface area contributed by atoms with Gasteiger partial charge in [0.2, 0.25) is 0 Å². The van der Waals surface area contributed by atoms with Crippen LogP contribution in [-0.2, 0) is 32.2 Å². The summed E-state index contributed by atoms with van der Waals surface area (Å²) in [5.41, 5.74) is 6.41. The third-order valence-corrected chi connectivity index (χ3v) is 9.05. The Bertz CT molecular complexity index is 1670. The van der Waals surface area contributed by atoms with Crippen molar-refractivity contribution in [1.82, 2.24) is 15.5 Å². The van der Waals surface area contributed by atoms with E-state index in [0.717, 1.165) is 38.9 Å². The molecule has 0 saturated carbocycles. The zero-order chi connectivity index (χ0) is 35.5. The first-order valence-corrected chi connectivity index (χ1v) is 17.0. The third kappa shape index (κ3) is 9.77. The number of aliphatic hydroxyl groups excluding tert-OH is 2. The van der Waals surface area contributed by atoms with Crippen molar-refractivity contribution >= 4 is 12.0 Å². The molecular weight excluding hydrogens is 634 g/mol. The molecule has 10 nitrogen and oxygen atoms in total. The summed E-state index contributed by atoms with van der Waals surface area (Å²) >= 11 is 0. The van der Waals surface area contributed by atoms with Crippen LogP contribution in [0.25, 0.3) is 11.1 Å². The summed E-state index contributed by atoms with van der Waals surface area (Å²) in [6.45, 7) is 4.61. The van der Waals surface area contributed by atoms with Gasteiger partial charge in [-0.1, -0.05) is 103 Å². The predicted molar refractivity (Wildman–Crippen MR) is 191 cm³/mol. The predicted octanol–water partition coefficient (Wildman–Crippen LogP) is 5.81. The lowest BCUT2D eigenvalue weighted by Gasteiger charge is -2.39. The van der Waals surface area contributed by atoms with E-state index < -0.39 is 24.4 Å². The first-order chi connectivity index (χ1) is 24.2. The highest BCUT2D eigenvalue weighted by atomic mass is 16.7. The minimum Gasteiger partial charge on any atom is -0.465 e. The van der Waals surface area contributed by atoms with Crippen LogP contribution in [0.15, 0.2) is 103 Å². The van der Waals surface area contributed by atoms with Crippen LogP contribution in [0, 0.1) is 0 Å². The first-order valence-electron chi connectivity index (χ1n) is 17.0. The maximum atomic E-state index is 12.3. The molecule has 1 heterocycles. The van der Waals surface area contributed by atoms with Crippen molar-refractivity contribution in [3.63, 3.8) is 0 Å². The van der Waals surface area contributed by atoms with Crippen molar-refractivity contribution in [3.05, 3.63) is 131 Å². The Labute approximate surface area is 294 Å². The monoisotopic (exact) mass is 681 g/mol. The Morgan fingerprint density at radius 3 is 2.28 bits per heavy atom. The highest BCUT2D eigenvalue weighted by Crippen LogP contribution is 2.39. The number of amides is 2. The van der Waals surface area contributed by atoms with Gasteiger partial charge in [-0.2, -0.15) is 0 Å². The minimum absolute atomic E-state index is 0.0270. The van der Waals surface area contributed by atoms with Crippen LogP contribution < -0.4 is 10.6 Å². The van der Waals surface area contributed by atoms with E-state index in [2.05, 4.69) is 15.5 Å². The lowest BCUT2D eigenvalue weighted by Crippen LogP contribution is -2.43. The molecule has 5 atom stereocenters. The van der Waals surface area contributed by atoms with Crippen LogP contribution in [0.1, 0.15) is 66.6 Å². The van der Waals surface area contributed by atoms with Crippen molar-refractivity contribution in [2.45, 2.75) is 64.1 Å². The number of rotatable bonds is 14. The van der Waals surface area contributed by atoms with Gasteiger partial charge in [0.1, 0.15) is 6.54 Å². The van der Waals surface area contributed by atoms with Crippen LogP contribution in [0.5, 0.6) is 0 Å². The molecule has 0 bridgehead atoms. The van der Waals surface area contributed by atoms with Gasteiger partial charge in [0, 0.05) is 31.1 Å². The van der Waals surface area contributed by atoms with Gasteiger partial charge in [0.05, 0.1) is 31.5 Å². The number of hydrogen-bond donors (Lipinski definition) is 4. The summed E-state index contributed by atoms with van der Waals surface area (Å²) in [5, 5.41) is 26.0. The fraction of sp³-hybridized carbons (Fsp3) is 0.350. The molecule has 2 amide bonds. The van der Waals surface area contributed by atoms with Crippen molar-refractivity contribution in [2.24, 2.45) is 0 Å². The number of benzene rings is 4. The Hall–Kier alpha value is -4.58. The van der Waals surface area contributed by atoms with E-state index in [0.29, 0.717) is 13.0 Å². The summed E-state index contributed by atoms with van der Waals surface area (Å²) in [4.78, 5) is 26.0. The van der Waals surface area contributed by atoms with Crippen molar-refractivity contribution in [2.75, 3.05) is 26.7 Å². The molecule has 4 N–H and O–H groups in total. The zero-order valence-corrected chi connectivity index (χ0v) is 28.8. The van der Waals surface area contributed by atoms with Crippen molar-refractivity contribution < 1.29 is 34.0 Å². The van der Waals surface area contributed by atoms with Crippen molar-refractivity contribution in [3.8, 4) is 11.1 Å². The van der Waals surface area contributed by atoms with E-state index in [-0.39, 0.29) is 44.6 Å². The number of carbonyl (C=O) groups excluding carboxylic acids is 2. The number of carbonyl (C=O) groups is 2. The van der Waals surface area contributed by atoms with Crippen LogP contribution in [0.3, 0.4) is 0 Å². The van der Waals surface area contributed by atoms with E-state index in [4.69, 9.17) is 14.2 Å². The maximum absolute atomic E-state index is 12.3. The SMILES string of the molecule is CCOC(=O)CNC(=O)NCc1ccccc1-c1ccc([C@@H]2O[C@H](CN(C)[C@@H](C)[C@H](O)c3ccccc3)C[C@H](c3ccc(CO)cc3)O2)cc1. The third-order valence-electron chi connectivity index (χ3n) is 9.05. The number of nitrogens with zero attached hydrogens (tertiary/aromatic N) is 1. The van der Waals surface area contributed by atoms with Gasteiger partial charge >= 0.3 is 12.0 Å². The molecule has 5 rings (SSSR count). The molecule has 1 aliphatic heterocycles. The Balaban J connectivity index is 1.30. The van der Waals surface area contributed by atoms with Gasteiger partial charge < -0.3 is 35.1 Å². The second-order valence-electron chi connectivity index (χ2n) is 12.5. The van der Waals surface area contributed by atoms with Gasteiger partial charge in [0.15, 0.2) is 6.29 Å².